The lowest BCUT2D eigenvalue weighted by molar-refractivity contribution is -0.153. The first-order valence-electron chi connectivity index (χ1n) is 9.65. The Morgan fingerprint density at radius 3 is 2.57 bits per heavy atom. The zero-order valence-corrected chi connectivity index (χ0v) is 16.0. The highest BCUT2D eigenvalue weighted by atomic mass is 16.5. The van der Waals surface area contributed by atoms with Gasteiger partial charge in [0.2, 0.25) is 11.8 Å². The average Bonchev–Trinajstić information content (AvgIpc) is 2.73. The largest absolute Gasteiger partial charge is 0.496 e. The van der Waals surface area contributed by atoms with Gasteiger partial charge in [-0.05, 0) is 11.6 Å². The summed E-state index contributed by atoms with van der Waals surface area (Å²) in [6.07, 6.45) is 0.527. The molecule has 0 saturated carbocycles. The van der Waals surface area contributed by atoms with Crippen molar-refractivity contribution in [3.8, 4) is 5.75 Å². The summed E-state index contributed by atoms with van der Waals surface area (Å²) in [4.78, 5) is 29.7. The number of hydrogen-bond donors (Lipinski definition) is 1. The molecule has 2 aliphatic heterocycles. The number of hydrogen-bond acceptors (Lipinski definition) is 4. The Hall–Kier alpha value is -2.86. The van der Waals surface area contributed by atoms with Crippen LogP contribution in [0.4, 0.5) is 0 Å². The quantitative estimate of drug-likeness (QED) is 0.854. The third kappa shape index (κ3) is 3.73. The maximum Gasteiger partial charge on any atom is 0.246 e. The van der Waals surface area contributed by atoms with Crippen LogP contribution in [0.1, 0.15) is 11.1 Å². The molecule has 2 saturated heterocycles. The molecule has 2 heterocycles. The van der Waals surface area contributed by atoms with Gasteiger partial charge in [-0.25, -0.2) is 0 Å². The number of benzene rings is 2. The number of carbonyl (C=O) groups excluding carboxylic acids is 2. The van der Waals surface area contributed by atoms with Crippen LogP contribution in [0.3, 0.4) is 0 Å². The first-order chi connectivity index (χ1) is 13.7. The lowest BCUT2D eigenvalue weighted by Crippen LogP contribution is -2.69. The number of methoxy groups -OCH3 is 1. The van der Waals surface area contributed by atoms with Crippen molar-refractivity contribution in [1.29, 1.82) is 0 Å². The molecule has 0 radical (unpaired) electrons. The Morgan fingerprint density at radius 1 is 1.04 bits per heavy atom. The number of para-hydroxylation sites is 1. The van der Waals surface area contributed by atoms with Crippen molar-refractivity contribution in [3.63, 3.8) is 0 Å². The number of nitrogens with one attached hydrogen (secondary N) is 1. The smallest absolute Gasteiger partial charge is 0.246 e. The summed E-state index contributed by atoms with van der Waals surface area (Å²) in [6, 6.07) is 16.8. The summed E-state index contributed by atoms with van der Waals surface area (Å²) >= 11 is 0. The molecule has 1 N–H and O–H groups in total. The van der Waals surface area contributed by atoms with Gasteiger partial charge in [-0.3, -0.25) is 14.5 Å². The van der Waals surface area contributed by atoms with Crippen LogP contribution in [0.2, 0.25) is 0 Å². The van der Waals surface area contributed by atoms with E-state index >= 15 is 0 Å². The van der Waals surface area contributed by atoms with Gasteiger partial charge in [0.25, 0.3) is 0 Å². The van der Waals surface area contributed by atoms with Crippen molar-refractivity contribution in [2.45, 2.75) is 25.0 Å². The summed E-state index contributed by atoms with van der Waals surface area (Å²) < 4.78 is 5.43. The molecule has 2 aromatic rings. The van der Waals surface area contributed by atoms with E-state index in [4.69, 9.17) is 4.74 Å². The standard InChI is InChI=1S/C22H25N3O3/c1-28-20-10-6-5-9-17(20)14-24-11-12-25-19(15-24)21(26)23-18(22(25)27)13-16-7-3-2-4-8-16/h2-10,18-19H,11-15H2,1H3,(H,23,26)/t18-,19+/m0/s1. The molecule has 2 aromatic carbocycles. The lowest BCUT2D eigenvalue weighted by Gasteiger charge is -2.45. The molecule has 0 spiro atoms. The number of amides is 2. The summed E-state index contributed by atoms with van der Waals surface area (Å²) in [5.74, 6) is 0.799. The minimum absolute atomic E-state index is 0.0189. The van der Waals surface area contributed by atoms with E-state index in [1.54, 1.807) is 12.0 Å². The molecule has 0 aromatic heterocycles. The van der Waals surface area contributed by atoms with Crippen LogP contribution in [0, 0.1) is 0 Å². The molecule has 0 aliphatic carbocycles. The highest BCUT2D eigenvalue weighted by Crippen LogP contribution is 2.23. The first kappa shape index (κ1) is 18.5. The number of ether oxygens (including phenoxy) is 1. The molecule has 2 fully saturated rings. The Kier molecular flexibility index (Phi) is 5.30. The van der Waals surface area contributed by atoms with Crippen LogP contribution in [0.25, 0.3) is 0 Å². The fourth-order valence-corrected chi connectivity index (χ4v) is 4.06. The zero-order chi connectivity index (χ0) is 19.5. The molecule has 2 amide bonds. The Morgan fingerprint density at radius 2 is 1.79 bits per heavy atom. The van der Waals surface area contributed by atoms with Gasteiger partial charge >= 0.3 is 0 Å². The Labute approximate surface area is 165 Å². The van der Waals surface area contributed by atoms with Crippen LogP contribution in [-0.4, -0.2) is 60.4 Å². The predicted molar refractivity (Wildman–Crippen MR) is 106 cm³/mol. The van der Waals surface area contributed by atoms with E-state index in [0.717, 1.165) is 23.4 Å². The van der Waals surface area contributed by atoms with Crippen molar-refractivity contribution in [1.82, 2.24) is 15.1 Å². The van der Waals surface area contributed by atoms with Gasteiger partial charge in [-0.2, -0.15) is 0 Å². The van der Waals surface area contributed by atoms with E-state index in [9.17, 15) is 9.59 Å². The van der Waals surface area contributed by atoms with Crippen molar-refractivity contribution < 1.29 is 14.3 Å². The van der Waals surface area contributed by atoms with Gasteiger partial charge in [0.1, 0.15) is 17.8 Å². The topological polar surface area (TPSA) is 61.9 Å². The van der Waals surface area contributed by atoms with Crippen LogP contribution in [-0.2, 0) is 22.6 Å². The molecule has 2 aliphatic rings. The van der Waals surface area contributed by atoms with E-state index in [-0.39, 0.29) is 11.8 Å². The van der Waals surface area contributed by atoms with Crippen molar-refractivity contribution in [2.24, 2.45) is 0 Å². The molecule has 2 atom stereocenters. The van der Waals surface area contributed by atoms with Gasteiger partial charge in [0.05, 0.1) is 7.11 Å². The lowest BCUT2D eigenvalue weighted by atomic mass is 9.98. The molecular weight excluding hydrogens is 354 g/mol. The molecule has 146 valence electrons. The van der Waals surface area contributed by atoms with E-state index in [1.807, 2.05) is 54.6 Å². The highest BCUT2D eigenvalue weighted by molar-refractivity contribution is 5.97. The molecule has 4 rings (SSSR count). The third-order valence-corrected chi connectivity index (χ3v) is 5.53. The zero-order valence-electron chi connectivity index (χ0n) is 16.0. The predicted octanol–water partition coefficient (Wildman–Crippen LogP) is 1.45. The van der Waals surface area contributed by atoms with E-state index in [0.29, 0.717) is 26.1 Å². The number of nitrogens with zero attached hydrogens (tertiary/aromatic N) is 2. The Bertz CT molecular complexity index is 855. The monoisotopic (exact) mass is 379 g/mol. The van der Waals surface area contributed by atoms with Crippen molar-refractivity contribution in [2.75, 3.05) is 26.7 Å². The maximum absolute atomic E-state index is 12.9. The number of fused-ring (bicyclic) bond motifs is 1. The van der Waals surface area contributed by atoms with Crippen LogP contribution < -0.4 is 10.1 Å². The molecule has 0 unspecified atom stereocenters. The highest BCUT2D eigenvalue weighted by Gasteiger charge is 2.43. The number of piperazine rings is 2. The van der Waals surface area contributed by atoms with Crippen LogP contribution >= 0.6 is 0 Å². The minimum Gasteiger partial charge on any atom is -0.496 e. The fraction of sp³-hybridized carbons (Fsp3) is 0.364. The second-order valence-electron chi connectivity index (χ2n) is 7.35. The summed E-state index contributed by atoms with van der Waals surface area (Å²) in [7, 11) is 1.66. The SMILES string of the molecule is COc1ccccc1CN1CCN2C(=O)[C@H](Cc3ccccc3)NC(=O)[C@H]2C1. The van der Waals surface area contributed by atoms with E-state index in [2.05, 4.69) is 10.2 Å². The van der Waals surface area contributed by atoms with Gasteiger partial charge < -0.3 is 15.0 Å². The van der Waals surface area contributed by atoms with E-state index < -0.39 is 12.1 Å². The molecule has 6 nitrogen and oxygen atoms in total. The normalized spacial score (nSPS) is 22.5. The maximum atomic E-state index is 12.9. The molecule has 6 heteroatoms. The third-order valence-electron chi connectivity index (χ3n) is 5.53. The second-order valence-corrected chi connectivity index (χ2v) is 7.35. The van der Waals surface area contributed by atoms with Crippen molar-refractivity contribution >= 4 is 11.8 Å². The van der Waals surface area contributed by atoms with Gasteiger partial charge in [0.15, 0.2) is 0 Å². The van der Waals surface area contributed by atoms with Crippen molar-refractivity contribution in [3.05, 3.63) is 65.7 Å². The van der Waals surface area contributed by atoms with Gasteiger partial charge in [-0.1, -0.05) is 48.5 Å². The average molecular weight is 379 g/mol. The second kappa shape index (κ2) is 8.02. The molecule has 28 heavy (non-hydrogen) atoms. The fourth-order valence-electron chi connectivity index (χ4n) is 4.06. The minimum atomic E-state index is -0.480. The van der Waals surface area contributed by atoms with E-state index in [1.165, 1.54) is 0 Å². The number of carbonyl (C=O) groups is 2. The molecule has 0 bridgehead atoms. The van der Waals surface area contributed by atoms with Gasteiger partial charge in [-0.15, -0.1) is 0 Å². The summed E-state index contributed by atoms with van der Waals surface area (Å²) in [6.45, 7) is 2.54. The first-order valence-corrected chi connectivity index (χ1v) is 9.65. The van der Waals surface area contributed by atoms with Gasteiger partial charge in [0, 0.05) is 38.2 Å². The Balaban J connectivity index is 1.43. The van der Waals surface area contributed by atoms with Crippen LogP contribution in [0.15, 0.2) is 54.6 Å². The number of rotatable bonds is 5. The summed E-state index contributed by atoms with van der Waals surface area (Å²) in [5.41, 5.74) is 2.14. The molecular formula is C22H25N3O3. The van der Waals surface area contributed by atoms with Crippen LogP contribution in [0.5, 0.6) is 5.75 Å². The summed E-state index contributed by atoms with van der Waals surface area (Å²) in [5, 5.41) is 2.94.